The topological polar surface area (TPSA) is 6.48 Å². The molecule has 0 aliphatic carbocycles. The third-order valence-corrected chi connectivity index (χ3v) is 5.18. The van der Waals surface area contributed by atoms with Gasteiger partial charge >= 0.3 is 0 Å². The number of halogens is 1. The summed E-state index contributed by atoms with van der Waals surface area (Å²) in [6.45, 7) is 5.12. The van der Waals surface area contributed by atoms with Crippen molar-refractivity contribution in [3.63, 3.8) is 0 Å². The largest absolute Gasteiger partial charge is 0.373 e. The monoisotopic (exact) mass is 348 g/mol. The maximum atomic E-state index is 3.49. The van der Waals surface area contributed by atoms with Crippen LogP contribution in [0.4, 0.5) is 0 Å². The third-order valence-electron chi connectivity index (χ3n) is 4.65. The molecule has 2 aliphatic rings. The van der Waals surface area contributed by atoms with Crippen molar-refractivity contribution in [2.75, 3.05) is 26.2 Å². The van der Waals surface area contributed by atoms with Crippen LogP contribution in [-0.4, -0.2) is 42.0 Å². The summed E-state index contributed by atoms with van der Waals surface area (Å²) in [5.74, 6) is 0. The van der Waals surface area contributed by atoms with Gasteiger partial charge in [-0.15, -0.1) is 0 Å². The molecule has 0 unspecified atom stereocenters. The molecule has 0 bridgehead atoms. The molecule has 2 aliphatic heterocycles. The highest BCUT2D eigenvalue weighted by molar-refractivity contribution is 9.10. The van der Waals surface area contributed by atoms with Crippen LogP contribution in [0.3, 0.4) is 0 Å². The van der Waals surface area contributed by atoms with Gasteiger partial charge in [-0.2, -0.15) is 0 Å². The Kier molecular flexibility index (Phi) is 5.37. The smallest absolute Gasteiger partial charge is 0.0412 e. The fourth-order valence-corrected chi connectivity index (χ4v) is 3.72. The minimum atomic E-state index is 0.740. The Bertz CT molecular complexity index is 463. The van der Waals surface area contributed by atoms with Crippen LogP contribution in [0.5, 0.6) is 0 Å². The second-order valence-electron chi connectivity index (χ2n) is 6.26. The van der Waals surface area contributed by atoms with E-state index in [1.165, 1.54) is 57.4 Å². The predicted molar refractivity (Wildman–Crippen MR) is 92.4 cm³/mol. The van der Waals surface area contributed by atoms with Gasteiger partial charge in [0.15, 0.2) is 0 Å². The van der Waals surface area contributed by atoms with E-state index in [0.717, 1.165) is 16.9 Å². The van der Waals surface area contributed by atoms with E-state index in [0.29, 0.717) is 0 Å². The van der Waals surface area contributed by atoms with Crippen LogP contribution >= 0.6 is 15.9 Å². The van der Waals surface area contributed by atoms with Crippen molar-refractivity contribution in [1.29, 1.82) is 0 Å². The van der Waals surface area contributed by atoms with Crippen molar-refractivity contribution in [3.8, 4) is 0 Å². The second-order valence-corrected chi connectivity index (χ2v) is 7.17. The fourth-order valence-electron chi connectivity index (χ4n) is 3.46. The lowest BCUT2D eigenvalue weighted by Gasteiger charge is -2.27. The van der Waals surface area contributed by atoms with Crippen molar-refractivity contribution < 1.29 is 0 Å². The van der Waals surface area contributed by atoms with Gasteiger partial charge in [-0.1, -0.05) is 34.1 Å². The Labute approximate surface area is 136 Å². The molecule has 3 rings (SSSR count). The van der Waals surface area contributed by atoms with Gasteiger partial charge < -0.3 is 9.80 Å². The fraction of sp³-hybridized carbons (Fsp3) is 0.556. The van der Waals surface area contributed by atoms with Crippen molar-refractivity contribution >= 4 is 15.9 Å². The molecule has 0 saturated carbocycles. The van der Waals surface area contributed by atoms with Gasteiger partial charge in [0.1, 0.15) is 0 Å². The van der Waals surface area contributed by atoms with E-state index in [1.807, 2.05) is 0 Å². The van der Waals surface area contributed by atoms with E-state index in [1.54, 1.807) is 0 Å². The predicted octanol–water partition coefficient (Wildman–Crippen LogP) is 4.07. The highest BCUT2D eigenvalue weighted by atomic mass is 79.9. The second kappa shape index (κ2) is 7.46. The van der Waals surface area contributed by atoms with E-state index in [9.17, 15) is 0 Å². The van der Waals surface area contributed by atoms with Crippen LogP contribution in [0.25, 0.3) is 0 Å². The van der Waals surface area contributed by atoms with E-state index in [-0.39, 0.29) is 0 Å². The van der Waals surface area contributed by atoms with Crippen molar-refractivity contribution in [1.82, 2.24) is 9.80 Å². The zero-order valence-electron chi connectivity index (χ0n) is 12.7. The van der Waals surface area contributed by atoms with Gasteiger partial charge in [-0.25, -0.2) is 0 Å². The molecule has 21 heavy (non-hydrogen) atoms. The summed E-state index contributed by atoms with van der Waals surface area (Å²) >= 11 is 3.49. The van der Waals surface area contributed by atoms with Gasteiger partial charge in [0.05, 0.1) is 0 Å². The van der Waals surface area contributed by atoms with Crippen LogP contribution in [0.15, 0.2) is 41.0 Å². The summed E-state index contributed by atoms with van der Waals surface area (Å²) in [5, 5.41) is 0. The summed E-state index contributed by atoms with van der Waals surface area (Å²) < 4.78 is 1.15. The van der Waals surface area contributed by atoms with Gasteiger partial charge in [-0.05, 0) is 69.1 Å². The molecule has 1 aromatic rings. The molecular formula is C18H25BrN2. The highest BCUT2D eigenvalue weighted by Gasteiger charge is 2.25. The summed E-state index contributed by atoms with van der Waals surface area (Å²) in [7, 11) is 0. The van der Waals surface area contributed by atoms with Gasteiger partial charge in [0, 0.05) is 23.6 Å². The average Bonchev–Trinajstić information content (AvgIpc) is 3.14. The maximum absolute atomic E-state index is 3.49. The molecule has 2 saturated heterocycles. The minimum Gasteiger partial charge on any atom is -0.373 e. The molecule has 2 heterocycles. The molecule has 0 N–H and O–H groups in total. The lowest BCUT2D eigenvalue weighted by Crippen LogP contribution is -2.36. The zero-order valence-corrected chi connectivity index (χ0v) is 14.3. The van der Waals surface area contributed by atoms with E-state index in [2.05, 4.69) is 62.3 Å². The van der Waals surface area contributed by atoms with Crippen LogP contribution < -0.4 is 0 Å². The molecule has 3 heteroatoms. The highest BCUT2D eigenvalue weighted by Crippen LogP contribution is 2.21. The van der Waals surface area contributed by atoms with Crippen molar-refractivity contribution in [2.45, 2.75) is 38.1 Å². The van der Waals surface area contributed by atoms with E-state index >= 15 is 0 Å². The number of rotatable bonds is 5. The molecule has 0 spiro atoms. The maximum Gasteiger partial charge on any atom is 0.0412 e. The first-order valence-electron chi connectivity index (χ1n) is 8.20. The number of likely N-dealkylation sites (tertiary alicyclic amines) is 2. The standard InChI is InChI=1S/C18H25BrN2/c19-17-9-7-16(8-10-17)5-3-13-21-14-4-6-18(21)15-20-11-1-2-12-20/h3,7-10,13,18H,1-2,4-6,11-12,14-15H2/b13-3+/t18-/m0/s1. The molecule has 1 atom stereocenters. The summed E-state index contributed by atoms with van der Waals surface area (Å²) in [5.41, 5.74) is 1.38. The molecule has 0 amide bonds. The summed E-state index contributed by atoms with van der Waals surface area (Å²) in [6.07, 6.45) is 11.2. The first-order valence-corrected chi connectivity index (χ1v) is 9.00. The number of hydrogen-bond donors (Lipinski definition) is 0. The number of allylic oxidation sites excluding steroid dienone is 1. The Morgan fingerprint density at radius 1 is 1.05 bits per heavy atom. The van der Waals surface area contributed by atoms with Gasteiger partial charge in [0.25, 0.3) is 0 Å². The number of nitrogens with zero attached hydrogens (tertiary/aromatic N) is 2. The van der Waals surface area contributed by atoms with Crippen LogP contribution in [0.1, 0.15) is 31.2 Å². The third kappa shape index (κ3) is 4.33. The Morgan fingerprint density at radius 2 is 1.81 bits per heavy atom. The first-order chi connectivity index (χ1) is 10.3. The lowest BCUT2D eigenvalue weighted by atomic mass is 10.1. The number of hydrogen-bond acceptors (Lipinski definition) is 2. The van der Waals surface area contributed by atoms with E-state index in [4.69, 9.17) is 0 Å². The van der Waals surface area contributed by atoms with Crippen LogP contribution in [-0.2, 0) is 6.42 Å². The van der Waals surface area contributed by atoms with Crippen LogP contribution in [0, 0.1) is 0 Å². The van der Waals surface area contributed by atoms with E-state index < -0.39 is 0 Å². The van der Waals surface area contributed by atoms with Crippen molar-refractivity contribution in [2.24, 2.45) is 0 Å². The minimum absolute atomic E-state index is 0.740. The molecular weight excluding hydrogens is 324 g/mol. The zero-order chi connectivity index (χ0) is 14.5. The molecule has 2 nitrogen and oxygen atoms in total. The Morgan fingerprint density at radius 3 is 2.57 bits per heavy atom. The molecule has 0 radical (unpaired) electrons. The number of benzene rings is 1. The van der Waals surface area contributed by atoms with Gasteiger partial charge in [0.2, 0.25) is 0 Å². The first kappa shape index (κ1) is 15.1. The molecule has 1 aromatic carbocycles. The Balaban J connectivity index is 1.50. The Hall–Kier alpha value is -0.800. The molecule has 0 aromatic heterocycles. The summed E-state index contributed by atoms with van der Waals surface area (Å²) in [6, 6.07) is 9.37. The average molecular weight is 349 g/mol. The molecule has 2 fully saturated rings. The lowest BCUT2D eigenvalue weighted by molar-refractivity contribution is 0.237. The van der Waals surface area contributed by atoms with Crippen LogP contribution in [0.2, 0.25) is 0 Å². The SMILES string of the molecule is Brc1ccc(C/C=C/N2CCC[C@H]2CN2CCCC2)cc1. The van der Waals surface area contributed by atoms with Crippen molar-refractivity contribution in [3.05, 3.63) is 46.6 Å². The normalized spacial score (nSPS) is 23.5. The quantitative estimate of drug-likeness (QED) is 0.791. The summed E-state index contributed by atoms with van der Waals surface area (Å²) in [4.78, 5) is 5.21. The molecule has 114 valence electrons. The van der Waals surface area contributed by atoms with Gasteiger partial charge in [-0.3, -0.25) is 0 Å².